The second-order valence-corrected chi connectivity index (χ2v) is 6.71. The van der Waals surface area contributed by atoms with Crippen molar-refractivity contribution >= 4 is 11.8 Å². The Morgan fingerprint density at radius 1 is 0.800 bits per heavy atom. The molecule has 2 amide bonds. The smallest absolute Gasteiger partial charge is 0.239 e. The number of rotatable bonds is 16. The van der Waals surface area contributed by atoms with Gasteiger partial charge in [-0.1, -0.05) is 59.8 Å². The summed E-state index contributed by atoms with van der Waals surface area (Å²) in [4.78, 5) is 28.7. The van der Waals surface area contributed by atoms with E-state index in [2.05, 4.69) is 37.9 Å². The van der Waals surface area contributed by atoms with E-state index in [-0.39, 0.29) is 18.4 Å². The van der Waals surface area contributed by atoms with Gasteiger partial charge in [-0.05, 0) is 25.9 Å². The van der Waals surface area contributed by atoms with Gasteiger partial charge >= 0.3 is 0 Å². The fourth-order valence-electron chi connectivity index (χ4n) is 2.79. The number of nitrogens with zero attached hydrogens (tertiary/aromatic N) is 2. The number of hydrogen-bond donors (Lipinski definition) is 1. The molecule has 0 aromatic carbocycles. The number of nitrogens with one attached hydrogen (secondary N) is 1. The van der Waals surface area contributed by atoms with Crippen molar-refractivity contribution < 1.29 is 9.59 Å². The van der Waals surface area contributed by atoms with Gasteiger partial charge in [0.05, 0.1) is 6.54 Å². The summed E-state index contributed by atoms with van der Waals surface area (Å²) in [5.74, 6) is 0.0848. The van der Waals surface area contributed by atoms with Crippen molar-refractivity contribution in [2.24, 2.45) is 0 Å². The van der Waals surface area contributed by atoms with Gasteiger partial charge in [-0.2, -0.15) is 0 Å². The molecule has 5 nitrogen and oxygen atoms in total. The fourth-order valence-corrected chi connectivity index (χ4v) is 2.79. The van der Waals surface area contributed by atoms with Crippen LogP contribution >= 0.6 is 0 Å². The minimum atomic E-state index is -0.0279. The van der Waals surface area contributed by atoms with Crippen LogP contribution in [0.25, 0.3) is 0 Å². The lowest BCUT2D eigenvalue weighted by Gasteiger charge is -2.26. The van der Waals surface area contributed by atoms with Crippen LogP contribution in [0, 0.1) is 0 Å². The van der Waals surface area contributed by atoms with E-state index in [0.29, 0.717) is 19.5 Å². The van der Waals surface area contributed by atoms with Crippen molar-refractivity contribution in [1.82, 2.24) is 15.1 Å². The molecular weight excluding hydrogens is 314 g/mol. The van der Waals surface area contributed by atoms with Crippen LogP contribution in [-0.2, 0) is 9.59 Å². The van der Waals surface area contributed by atoms with E-state index in [1.54, 1.807) is 4.90 Å². The first-order valence-corrected chi connectivity index (χ1v) is 10.4. The number of hydrogen-bond acceptors (Lipinski definition) is 3. The van der Waals surface area contributed by atoms with Gasteiger partial charge in [0.25, 0.3) is 0 Å². The Labute approximate surface area is 155 Å². The molecule has 0 rings (SSSR count). The van der Waals surface area contributed by atoms with Gasteiger partial charge in [0.15, 0.2) is 0 Å². The third-order valence-corrected chi connectivity index (χ3v) is 4.61. The summed E-state index contributed by atoms with van der Waals surface area (Å²) < 4.78 is 0. The van der Waals surface area contributed by atoms with Gasteiger partial charge in [0.2, 0.25) is 11.8 Å². The number of carbonyl (C=O) groups excluding carboxylic acids is 2. The van der Waals surface area contributed by atoms with E-state index < -0.39 is 0 Å². The van der Waals surface area contributed by atoms with Crippen molar-refractivity contribution in [3.05, 3.63) is 0 Å². The molecule has 0 bridgehead atoms. The third-order valence-electron chi connectivity index (χ3n) is 4.61. The zero-order valence-corrected chi connectivity index (χ0v) is 17.1. The number of amides is 2. The molecule has 0 aliphatic carbocycles. The normalized spacial score (nSPS) is 10.9. The number of likely N-dealkylation sites (N-methyl/N-ethyl adjacent to an activating group) is 1. The van der Waals surface area contributed by atoms with E-state index in [1.807, 2.05) is 0 Å². The van der Waals surface area contributed by atoms with Crippen LogP contribution in [0.4, 0.5) is 0 Å². The predicted molar refractivity (Wildman–Crippen MR) is 106 cm³/mol. The third kappa shape index (κ3) is 12.9. The highest BCUT2D eigenvalue weighted by Gasteiger charge is 2.17. The Kier molecular flexibility index (Phi) is 15.7. The van der Waals surface area contributed by atoms with Crippen LogP contribution in [0.1, 0.15) is 79.1 Å². The van der Waals surface area contributed by atoms with Crippen molar-refractivity contribution in [2.75, 3.05) is 39.3 Å². The summed E-state index contributed by atoms with van der Waals surface area (Å²) in [6.07, 6.45) is 8.21. The Hall–Kier alpha value is -1.10. The molecule has 0 aliphatic rings. The summed E-state index contributed by atoms with van der Waals surface area (Å²) in [6, 6.07) is 0. The van der Waals surface area contributed by atoms with Gasteiger partial charge in [-0.25, -0.2) is 0 Å². The van der Waals surface area contributed by atoms with Gasteiger partial charge in [-0.15, -0.1) is 0 Å². The summed E-state index contributed by atoms with van der Waals surface area (Å²) >= 11 is 0. The summed E-state index contributed by atoms with van der Waals surface area (Å²) in [5, 5.41) is 2.96. The monoisotopic (exact) mass is 355 g/mol. The molecule has 0 fully saturated rings. The van der Waals surface area contributed by atoms with Crippen LogP contribution < -0.4 is 5.32 Å². The Morgan fingerprint density at radius 3 is 2.04 bits per heavy atom. The molecular formula is C20H41N3O2. The van der Waals surface area contributed by atoms with Crippen LogP contribution in [0.2, 0.25) is 0 Å². The Balaban J connectivity index is 4.39. The van der Waals surface area contributed by atoms with E-state index in [1.165, 1.54) is 12.8 Å². The quantitative estimate of drug-likeness (QED) is 0.432. The lowest BCUT2D eigenvalue weighted by Crippen LogP contribution is -2.44. The molecule has 5 heteroatoms. The molecule has 0 saturated carbocycles. The van der Waals surface area contributed by atoms with Gasteiger partial charge in [-0.3, -0.25) is 9.59 Å². The zero-order chi connectivity index (χ0) is 18.9. The first kappa shape index (κ1) is 23.9. The molecule has 0 aliphatic heterocycles. The van der Waals surface area contributed by atoms with Crippen molar-refractivity contribution in [3.8, 4) is 0 Å². The molecule has 0 radical (unpaired) electrons. The molecule has 0 aromatic heterocycles. The maximum atomic E-state index is 12.5. The van der Waals surface area contributed by atoms with Gasteiger partial charge in [0, 0.05) is 26.1 Å². The Morgan fingerprint density at radius 2 is 1.44 bits per heavy atom. The van der Waals surface area contributed by atoms with E-state index in [4.69, 9.17) is 0 Å². The lowest BCUT2D eigenvalue weighted by atomic mass is 10.2. The van der Waals surface area contributed by atoms with Crippen LogP contribution in [0.15, 0.2) is 0 Å². The molecule has 0 spiro atoms. The minimum Gasteiger partial charge on any atom is -0.355 e. The topological polar surface area (TPSA) is 52.7 Å². The maximum Gasteiger partial charge on any atom is 0.239 e. The first-order chi connectivity index (χ1) is 12.1. The molecule has 0 heterocycles. The van der Waals surface area contributed by atoms with E-state index in [0.717, 1.165) is 51.7 Å². The van der Waals surface area contributed by atoms with Crippen molar-refractivity contribution in [3.63, 3.8) is 0 Å². The molecule has 25 heavy (non-hydrogen) atoms. The zero-order valence-electron chi connectivity index (χ0n) is 17.1. The standard InChI is InChI=1S/C20H41N3O2/c1-5-9-11-13-15-21-19(24)18-23(17-16-22(7-3)8-4)20(25)14-12-10-6-2/h5-18H2,1-4H3,(H,21,24). The first-order valence-electron chi connectivity index (χ1n) is 10.4. The highest BCUT2D eigenvalue weighted by atomic mass is 16.2. The average molecular weight is 356 g/mol. The van der Waals surface area contributed by atoms with Crippen molar-refractivity contribution in [2.45, 2.75) is 79.1 Å². The molecule has 148 valence electrons. The number of unbranched alkanes of at least 4 members (excludes halogenated alkanes) is 5. The van der Waals surface area contributed by atoms with Crippen LogP contribution in [0.5, 0.6) is 0 Å². The van der Waals surface area contributed by atoms with Crippen molar-refractivity contribution in [1.29, 1.82) is 0 Å². The SMILES string of the molecule is CCCCCCNC(=O)CN(CCN(CC)CC)C(=O)CCCCC. The number of carbonyl (C=O) groups is 2. The summed E-state index contributed by atoms with van der Waals surface area (Å²) in [5.41, 5.74) is 0. The fraction of sp³-hybridized carbons (Fsp3) is 0.900. The lowest BCUT2D eigenvalue weighted by molar-refractivity contribution is -0.136. The Bertz CT molecular complexity index is 344. The second kappa shape index (κ2) is 16.4. The average Bonchev–Trinajstić information content (AvgIpc) is 2.61. The molecule has 0 saturated heterocycles. The largest absolute Gasteiger partial charge is 0.355 e. The molecule has 0 aromatic rings. The highest BCUT2D eigenvalue weighted by molar-refractivity contribution is 5.84. The molecule has 0 atom stereocenters. The van der Waals surface area contributed by atoms with E-state index >= 15 is 0 Å². The van der Waals surface area contributed by atoms with Gasteiger partial charge in [0.1, 0.15) is 0 Å². The van der Waals surface area contributed by atoms with E-state index in [9.17, 15) is 9.59 Å². The van der Waals surface area contributed by atoms with Crippen LogP contribution in [0.3, 0.4) is 0 Å². The summed E-state index contributed by atoms with van der Waals surface area (Å²) in [6.45, 7) is 12.9. The van der Waals surface area contributed by atoms with Crippen LogP contribution in [-0.4, -0.2) is 60.9 Å². The highest BCUT2D eigenvalue weighted by Crippen LogP contribution is 2.04. The molecule has 0 unspecified atom stereocenters. The van der Waals surface area contributed by atoms with Gasteiger partial charge < -0.3 is 15.1 Å². The summed E-state index contributed by atoms with van der Waals surface area (Å²) in [7, 11) is 0. The maximum absolute atomic E-state index is 12.5. The second-order valence-electron chi connectivity index (χ2n) is 6.71. The molecule has 1 N–H and O–H groups in total. The predicted octanol–water partition coefficient (Wildman–Crippen LogP) is 3.43. The minimum absolute atomic E-state index is 0.0279.